The molecule has 0 unspecified atom stereocenters. The number of hydrogen-bond acceptors (Lipinski definition) is 1. The van der Waals surface area contributed by atoms with Crippen LogP contribution in [-0.4, -0.2) is 0 Å². The second-order valence-electron chi connectivity index (χ2n) is 21.1. The first-order valence-corrected chi connectivity index (χ1v) is 22.4. The number of hydrogen-bond donors (Lipinski definition) is 0. The van der Waals surface area contributed by atoms with Crippen LogP contribution in [0.2, 0.25) is 0 Å². The maximum atomic E-state index is 2.60. The van der Waals surface area contributed by atoms with Gasteiger partial charge in [0.25, 0.3) is 0 Å². The third kappa shape index (κ3) is 7.16. The summed E-state index contributed by atoms with van der Waals surface area (Å²) >= 11 is 0. The van der Waals surface area contributed by atoms with Gasteiger partial charge in [0.1, 0.15) is 0 Å². The van der Waals surface area contributed by atoms with Gasteiger partial charge in [-0.05, 0) is 101 Å². The highest BCUT2D eigenvalue weighted by Gasteiger charge is 2.38. The zero-order valence-corrected chi connectivity index (χ0v) is 38.6. The molecule has 1 aliphatic rings. The number of benzene rings is 8. The Balaban J connectivity index is 1.39. The molecule has 1 heteroatoms. The summed E-state index contributed by atoms with van der Waals surface area (Å²) < 4.78 is 0. The summed E-state index contributed by atoms with van der Waals surface area (Å²) in [5.74, 6) is 0. The molecule has 62 heavy (non-hydrogen) atoms. The van der Waals surface area contributed by atoms with E-state index in [1.54, 1.807) is 0 Å². The molecule has 8 aromatic carbocycles. The van der Waals surface area contributed by atoms with Gasteiger partial charge in [-0.25, -0.2) is 0 Å². The number of fused-ring (bicyclic) bond motifs is 4. The highest BCUT2D eigenvalue weighted by molar-refractivity contribution is 6.10. The van der Waals surface area contributed by atoms with Crippen LogP contribution in [0.3, 0.4) is 0 Å². The predicted octanol–water partition coefficient (Wildman–Crippen LogP) is 17.5. The first-order valence-electron chi connectivity index (χ1n) is 22.4. The van der Waals surface area contributed by atoms with Gasteiger partial charge in [0, 0.05) is 22.1 Å². The van der Waals surface area contributed by atoms with Gasteiger partial charge in [-0.1, -0.05) is 228 Å². The molecule has 0 aromatic heterocycles. The van der Waals surface area contributed by atoms with Crippen molar-refractivity contribution in [2.45, 2.75) is 97.8 Å². The van der Waals surface area contributed by atoms with Crippen LogP contribution < -0.4 is 4.90 Å². The minimum Gasteiger partial charge on any atom is -0.309 e. The van der Waals surface area contributed by atoms with Crippen molar-refractivity contribution >= 4 is 27.8 Å². The van der Waals surface area contributed by atoms with Crippen molar-refractivity contribution in [3.05, 3.63) is 198 Å². The number of nitrogens with zero attached hydrogens (tertiary/aromatic N) is 1. The Kier molecular flexibility index (Phi) is 9.98. The van der Waals surface area contributed by atoms with E-state index in [1.807, 2.05) is 0 Å². The maximum absolute atomic E-state index is 2.60. The van der Waals surface area contributed by atoms with Crippen molar-refractivity contribution in [1.29, 1.82) is 0 Å². The fraction of sp³-hybridized carbons (Fsp3) is 0.246. The molecule has 1 aliphatic carbocycles. The van der Waals surface area contributed by atoms with E-state index in [9.17, 15) is 0 Å². The molecule has 0 saturated carbocycles. The van der Waals surface area contributed by atoms with Gasteiger partial charge in [-0.3, -0.25) is 0 Å². The quantitative estimate of drug-likeness (QED) is 0.162. The third-order valence-corrected chi connectivity index (χ3v) is 13.3. The average molecular weight is 808 g/mol. The van der Waals surface area contributed by atoms with Crippen molar-refractivity contribution < 1.29 is 0 Å². The molecule has 0 N–H and O–H groups in total. The Bertz CT molecular complexity index is 2940. The predicted molar refractivity (Wildman–Crippen MR) is 269 cm³/mol. The van der Waals surface area contributed by atoms with Crippen molar-refractivity contribution in [3.8, 4) is 44.5 Å². The lowest BCUT2D eigenvalue weighted by molar-refractivity contribution is 0.569. The summed E-state index contributed by atoms with van der Waals surface area (Å²) in [6, 6.07) is 64.3. The highest BCUT2D eigenvalue weighted by atomic mass is 15.2. The van der Waals surface area contributed by atoms with Gasteiger partial charge in [-0.15, -0.1) is 0 Å². The number of para-hydroxylation sites is 1. The van der Waals surface area contributed by atoms with Gasteiger partial charge in [0.2, 0.25) is 0 Å². The average Bonchev–Trinajstić information content (AvgIpc) is 3.49. The molecule has 8 aromatic rings. The number of anilines is 3. The van der Waals surface area contributed by atoms with Crippen LogP contribution in [0.4, 0.5) is 17.1 Å². The minimum atomic E-state index is -0.152. The molecule has 1 nitrogen and oxygen atoms in total. The molecule has 310 valence electrons. The summed E-state index contributed by atoms with van der Waals surface area (Å²) in [5, 5.41) is 2.50. The second kappa shape index (κ2) is 15.0. The third-order valence-electron chi connectivity index (χ3n) is 13.3. The molecule has 9 rings (SSSR count). The van der Waals surface area contributed by atoms with E-state index in [4.69, 9.17) is 0 Å². The van der Waals surface area contributed by atoms with Crippen LogP contribution in [-0.2, 0) is 21.7 Å². The lowest BCUT2D eigenvalue weighted by Gasteiger charge is -2.33. The van der Waals surface area contributed by atoms with Gasteiger partial charge in [-0.2, -0.15) is 0 Å². The van der Waals surface area contributed by atoms with Gasteiger partial charge in [0.05, 0.1) is 17.1 Å². The summed E-state index contributed by atoms with van der Waals surface area (Å²) in [5.41, 5.74) is 19.9. The zero-order chi connectivity index (χ0) is 43.8. The molecule has 0 amide bonds. The standard InChI is InChI=1S/C61H61N/c1-58(2,3)43-34-35-46(40-22-13-12-14-23-40)55(39-43)62(54-33-21-31-52-57(54)50-27-15-17-30-51(50)61(52,10)11)53-32-18-16-26-48(53)49-29-20-25-41-24-19-28-47(56(41)49)42-36-44(59(4,5)6)38-45(37-42)60(7,8)9/h12-39H,1-11H3. The summed E-state index contributed by atoms with van der Waals surface area (Å²) in [6.45, 7) is 25.7. The Morgan fingerprint density at radius 1 is 0.355 bits per heavy atom. The van der Waals surface area contributed by atoms with E-state index in [0.717, 1.165) is 5.69 Å². The second-order valence-corrected chi connectivity index (χ2v) is 21.1. The van der Waals surface area contributed by atoms with Crippen molar-refractivity contribution in [2.24, 2.45) is 0 Å². The van der Waals surface area contributed by atoms with Gasteiger partial charge < -0.3 is 4.90 Å². The molecule has 0 spiro atoms. The van der Waals surface area contributed by atoms with E-state index in [2.05, 4.69) is 251 Å². The lowest BCUT2D eigenvalue weighted by atomic mass is 9.78. The Hall–Kier alpha value is -6.18. The largest absolute Gasteiger partial charge is 0.309 e. The SMILES string of the molecule is CC(C)(C)c1cc(-c2cccc3cccc(-c4ccccc4N(c4cc(C(C)(C)C)ccc4-c4ccccc4)c4cccc5c4-c4ccccc4C5(C)C)c23)cc(C(C)(C)C)c1. The molecule has 0 aliphatic heterocycles. The molecular formula is C61H61N. The van der Waals surface area contributed by atoms with Crippen molar-refractivity contribution in [3.63, 3.8) is 0 Å². The van der Waals surface area contributed by atoms with E-state index in [-0.39, 0.29) is 21.7 Å². The molecule has 0 fully saturated rings. The smallest absolute Gasteiger partial charge is 0.0543 e. The Morgan fingerprint density at radius 3 is 1.55 bits per heavy atom. The van der Waals surface area contributed by atoms with Crippen LogP contribution in [0, 0.1) is 0 Å². The Morgan fingerprint density at radius 2 is 0.887 bits per heavy atom. The van der Waals surface area contributed by atoms with Crippen LogP contribution in [0.15, 0.2) is 170 Å². The molecule has 0 saturated heterocycles. The van der Waals surface area contributed by atoms with Crippen LogP contribution >= 0.6 is 0 Å². The monoisotopic (exact) mass is 807 g/mol. The number of rotatable bonds is 6. The molecule has 0 atom stereocenters. The lowest BCUT2D eigenvalue weighted by Crippen LogP contribution is -2.18. The summed E-state index contributed by atoms with van der Waals surface area (Å²) in [6.07, 6.45) is 0. The fourth-order valence-electron chi connectivity index (χ4n) is 9.71. The topological polar surface area (TPSA) is 3.24 Å². The van der Waals surface area contributed by atoms with E-state index < -0.39 is 0 Å². The normalized spacial score (nSPS) is 13.5. The summed E-state index contributed by atoms with van der Waals surface area (Å²) in [4.78, 5) is 2.60. The first-order chi connectivity index (χ1) is 29.4. The van der Waals surface area contributed by atoms with E-state index in [0.29, 0.717) is 0 Å². The van der Waals surface area contributed by atoms with E-state index in [1.165, 1.54) is 94.5 Å². The first kappa shape index (κ1) is 41.2. The Labute approximate surface area is 371 Å². The molecule has 0 radical (unpaired) electrons. The van der Waals surface area contributed by atoms with Crippen LogP contribution in [0.5, 0.6) is 0 Å². The zero-order valence-electron chi connectivity index (χ0n) is 38.6. The van der Waals surface area contributed by atoms with E-state index >= 15 is 0 Å². The summed E-state index contributed by atoms with van der Waals surface area (Å²) in [7, 11) is 0. The molecular weight excluding hydrogens is 747 g/mol. The maximum Gasteiger partial charge on any atom is 0.0543 e. The van der Waals surface area contributed by atoms with Gasteiger partial charge in [0.15, 0.2) is 0 Å². The van der Waals surface area contributed by atoms with Gasteiger partial charge >= 0.3 is 0 Å². The fourth-order valence-corrected chi connectivity index (χ4v) is 9.71. The minimum absolute atomic E-state index is 0.00228. The van der Waals surface area contributed by atoms with Crippen LogP contribution in [0.1, 0.15) is 104 Å². The van der Waals surface area contributed by atoms with Crippen molar-refractivity contribution in [2.75, 3.05) is 4.90 Å². The molecule has 0 heterocycles. The molecule has 0 bridgehead atoms. The van der Waals surface area contributed by atoms with Crippen molar-refractivity contribution in [1.82, 2.24) is 0 Å². The van der Waals surface area contributed by atoms with Crippen LogP contribution in [0.25, 0.3) is 55.3 Å². The highest BCUT2D eigenvalue weighted by Crippen LogP contribution is 2.56.